The van der Waals surface area contributed by atoms with Gasteiger partial charge in [0.1, 0.15) is 10.6 Å². The second kappa shape index (κ2) is 11.6. The highest BCUT2D eigenvalue weighted by atomic mass is 32.1. The summed E-state index contributed by atoms with van der Waals surface area (Å²) in [7, 11) is 0. The summed E-state index contributed by atoms with van der Waals surface area (Å²) >= 11 is 1.53. The number of rotatable bonds is 12. The Balaban J connectivity index is 2.19. The van der Waals surface area contributed by atoms with Gasteiger partial charge in [-0.1, -0.05) is 64.7 Å². The van der Waals surface area contributed by atoms with Crippen molar-refractivity contribution in [1.29, 1.82) is 0 Å². The molecule has 0 aliphatic rings. The molecule has 1 aromatic heterocycles. The van der Waals surface area contributed by atoms with E-state index in [1.807, 2.05) is 26.8 Å². The molecule has 0 aliphatic heterocycles. The van der Waals surface area contributed by atoms with Crippen molar-refractivity contribution in [3.8, 4) is 0 Å². The van der Waals surface area contributed by atoms with Crippen molar-refractivity contribution < 1.29 is 9.53 Å². The molecule has 1 rings (SSSR count). The van der Waals surface area contributed by atoms with Gasteiger partial charge >= 0.3 is 5.97 Å². The predicted octanol–water partition coefficient (Wildman–Crippen LogP) is 6.75. The molecule has 3 nitrogen and oxygen atoms in total. The number of hydrogen-bond donors (Lipinski definition) is 1. The molecule has 0 spiro atoms. The first-order valence-electron chi connectivity index (χ1n) is 9.95. The normalized spacial score (nSPS) is 11.7. The van der Waals surface area contributed by atoms with Crippen molar-refractivity contribution >= 4 is 22.3 Å². The first-order valence-corrected chi connectivity index (χ1v) is 10.8. The topological polar surface area (TPSA) is 52.3 Å². The lowest BCUT2D eigenvalue weighted by molar-refractivity contribution is 0.00712. The Kier molecular flexibility index (Phi) is 10.2. The average Bonchev–Trinajstić information content (AvgIpc) is 2.88. The Labute approximate surface area is 158 Å². The van der Waals surface area contributed by atoms with Gasteiger partial charge in [0.25, 0.3) is 0 Å². The molecule has 25 heavy (non-hydrogen) atoms. The van der Waals surface area contributed by atoms with E-state index in [9.17, 15) is 4.79 Å². The fraction of sp³-hybridized carbons (Fsp3) is 0.762. The Morgan fingerprint density at radius 2 is 1.52 bits per heavy atom. The van der Waals surface area contributed by atoms with E-state index < -0.39 is 5.60 Å². The molecule has 0 saturated heterocycles. The average molecular weight is 368 g/mol. The second-order valence-electron chi connectivity index (χ2n) is 7.92. The van der Waals surface area contributed by atoms with Crippen LogP contribution in [-0.4, -0.2) is 11.6 Å². The number of carbonyl (C=O) groups is 1. The summed E-state index contributed by atoms with van der Waals surface area (Å²) in [5.41, 5.74) is 6.04. The Morgan fingerprint density at radius 1 is 1.00 bits per heavy atom. The lowest BCUT2D eigenvalue weighted by atomic mass is 10.1. The van der Waals surface area contributed by atoms with Crippen molar-refractivity contribution in [2.75, 3.05) is 5.73 Å². The molecule has 0 bridgehead atoms. The molecule has 1 aromatic rings. The van der Waals surface area contributed by atoms with Crippen LogP contribution in [0.1, 0.15) is 107 Å². The first-order chi connectivity index (χ1) is 11.8. The van der Waals surface area contributed by atoms with Crippen LogP contribution in [0.4, 0.5) is 5.00 Å². The highest BCUT2D eigenvalue weighted by Gasteiger charge is 2.21. The summed E-state index contributed by atoms with van der Waals surface area (Å²) in [5, 5.41) is 0.580. The number of ether oxygens (including phenoxy) is 1. The van der Waals surface area contributed by atoms with E-state index in [4.69, 9.17) is 10.5 Å². The van der Waals surface area contributed by atoms with E-state index in [1.54, 1.807) is 0 Å². The molecule has 144 valence electrons. The summed E-state index contributed by atoms with van der Waals surface area (Å²) in [6.07, 6.45) is 14.4. The van der Waals surface area contributed by atoms with Crippen LogP contribution in [0.25, 0.3) is 0 Å². The maximum Gasteiger partial charge on any atom is 0.341 e. The zero-order chi connectivity index (χ0) is 18.7. The van der Waals surface area contributed by atoms with Crippen LogP contribution in [0.5, 0.6) is 0 Å². The fourth-order valence-corrected chi connectivity index (χ4v) is 3.82. The number of hydrogen-bond acceptors (Lipinski definition) is 4. The number of aryl methyl sites for hydroxylation is 1. The van der Waals surface area contributed by atoms with Gasteiger partial charge in [0.2, 0.25) is 0 Å². The number of unbranched alkanes of at least 4 members (excludes halogenated alkanes) is 9. The minimum absolute atomic E-state index is 0.310. The van der Waals surface area contributed by atoms with Crippen LogP contribution in [0.15, 0.2) is 6.07 Å². The van der Waals surface area contributed by atoms with E-state index in [0.717, 1.165) is 6.42 Å². The SMILES string of the molecule is CCCCCCCCCCCCc1cc(C(=O)OC(C)(C)C)c(N)s1. The van der Waals surface area contributed by atoms with Crippen molar-refractivity contribution in [3.05, 3.63) is 16.5 Å². The van der Waals surface area contributed by atoms with Gasteiger partial charge in [-0.25, -0.2) is 4.79 Å². The molecule has 0 radical (unpaired) electrons. The number of anilines is 1. The first kappa shape index (κ1) is 22.0. The van der Waals surface area contributed by atoms with Gasteiger partial charge in [0.15, 0.2) is 0 Å². The summed E-state index contributed by atoms with van der Waals surface area (Å²) in [6.45, 7) is 7.88. The molecule has 1 heterocycles. The maximum atomic E-state index is 12.1. The molecule has 0 aromatic carbocycles. The van der Waals surface area contributed by atoms with Crippen LogP contribution >= 0.6 is 11.3 Å². The van der Waals surface area contributed by atoms with Gasteiger partial charge in [0, 0.05) is 4.88 Å². The molecule has 0 atom stereocenters. The van der Waals surface area contributed by atoms with Gasteiger partial charge in [-0.15, -0.1) is 11.3 Å². The van der Waals surface area contributed by atoms with Crippen LogP contribution in [0, 0.1) is 0 Å². The third-order valence-corrected chi connectivity index (χ3v) is 5.23. The third-order valence-electron chi connectivity index (χ3n) is 4.21. The Morgan fingerprint density at radius 3 is 2.04 bits per heavy atom. The monoisotopic (exact) mass is 367 g/mol. The predicted molar refractivity (Wildman–Crippen MR) is 109 cm³/mol. The van der Waals surface area contributed by atoms with Crippen molar-refractivity contribution in [2.45, 2.75) is 104 Å². The van der Waals surface area contributed by atoms with Crippen molar-refractivity contribution in [2.24, 2.45) is 0 Å². The Hall–Kier alpha value is -1.03. The van der Waals surface area contributed by atoms with Gasteiger partial charge in [0.05, 0.1) is 5.56 Å². The smallest absolute Gasteiger partial charge is 0.341 e. The third kappa shape index (κ3) is 9.88. The molecular formula is C21H37NO2S. The minimum Gasteiger partial charge on any atom is -0.456 e. The number of esters is 1. The largest absolute Gasteiger partial charge is 0.456 e. The standard InChI is InChI=1S/C21H37NO2S/c1-5-6-7-8-9-10-11-12-13-14-15-17-16-18(19(22)25-17)20(23)24-21(2,3)4/h16H,5-15,22H2,1-4H3. The zero-order valence-electron chi connectivity index (χ0n) is 16.7. The van der Waals surface area contributed by atoms with E-state index >= 15 is 0 Å². The second-order valence-corrected chi connectivity index (χ2v) is 9.09. The zero-order valence-corrected chi connectivity index (χ0v) is 17.5. The Bertz CT molecular complexity index is 502. The lowest BCUT2D eigenvalue weighted by Gasteiger charge is -2.19. The van der Waals surface area contributed by atoms with Crippen molar-refractivity contribution in [3.63, 3.8) is 0 Å². The van der Waals surface area contributed by atoms with E-state index in [-0.39, 0.29) is 5.97 Å². The fourth-order valence-electron chi connectivity index (χ4n) is 2.86. The number of carbonyl (C=O) groups excluding carboxylic acids is 1. The molecule has 0 aliphatic carbocycles. The summed E-state index contributed by atoms with van der Waals surface area (Å²) in [4.78, 5) is 13.3. The van der Waals surface area contributed by atoms with Gasteiger partial charge in [-0.2, -0.15) is 0 Å². The number of nitrogens with two attached hydrogens (primary N) is 1. The summed E-state index contributed by atoms with van der Waals surface area (Å²) in [6, 6.07) is 1.92. The molecule has 0 amide bonds. The van der Waals surface area contributed by atoms with Gasteiger partial charge < -0.3 is 10.5 Å². The van der Waals surface area contributed by atoms with E-state index in [1.165, 1.54) is 80.4 Å². The van der Waals surface area contributed by atoms with Crippen LogP contribution in [-0.2, 0) is 11.2 Å². The van der Waals surface area contributed by atoms with E-state index in [2.05, 4.69) is 6.92 Å². The highest BCUT2D eigenvalue weighted by Crippen LogP contribution is 2.28. The maximum absolute atomic E-state index is 12.1. The molecule has 2 N–H and O–H groups in total. The minimum atomic E-state index is -0.484. The lowest BCUT2D eigenvalue weighted by Crippen LogP contribution is -2.24. The molecular weight excluding hydrogens is 330 g/mol. The summed E-state index contributed by atoms with van der Waals surface area (Å²) < 4.78 is 5.41. The number of thiophene rings is 1. The molecule has 0 saturated carbocycles. The highest BCUT2D eigenvalue weighted by molar-refractivity contribution is 7.16. The van der Waals surface area contributed by atoms with Crippen molar-refractivity contribution in [1.82, 2.24) is 0 Å². The van der Waals surface area contributed by atoms with Crippen LogP contribution < -0.4 is 5.73 Å². The quantitative estimate of drug-likeness (QED) is 0.328. The molecule has 4 heteroatoms. The van der Waals surface area contributed by atoms with E-state index in [0.29, 0.717) is 10.6 Å². The summed E-state index contributed by atoms with van der Waals surface area (Å²) in [5.74, 6) is -0.310. The van der Waals surface area contributed by atoms with Crippen LogP contribution in [0.2, 0.25) is 0 Å². The molecule has 0 unspecified atom stereocenters. The van der Waals surface area contributed by atoms with Gasteiger partial charge in [-0.05, 0) is 39.7 Å². The van der Waals surface area contributed by atoms with Gasteiger partial charge in [-0.3, -0.25) is 0 Å². The molecule has 0 fully saturated rings. The van der Waals surface area contributed by atoms with Crippen LogP contribution in [0.3, 0.4) is 0 Å². The number of nitrogen functional groups attached to an aromatic ring is 1.